The van der Waals surface area contributed by atoms with Crippen molar-refractivity contribution in [2.75, 3.05) is 13.2 Å². The van der Waals surface area contributed by atoms with Crippen LogP contribution in [0.2, 0.25) is 5.02 Å². The van der Waals surface area contributed by atoms with Gasteiger partial charge in [-0.05, 0) is 37.0 Å². The minimum atomic E-state index is 0.00922. The average molecular weight is 242 g/mol. The summed E-state index contributed by atoms with van der Waals surface area (Å²) >= 11 is 6.05. The van der Waals surface area contributed by atoms with Gasteiger partial charge in [-0.25, -0.2) is 0 Å². The first kappa shape index (κ1) is 13.5. The van der Waals surface area contributed by atoms with Crippen LogP contribution in [0, 0.1) is 6.92 Å². The summed E-state index contributed by atoms with van der Waals surface area (Å²) in [5.41, 5.74) is 8.22. The van der Waals surface area contributed by atoms with E-state index in [4.69, 9.17) is 22.1 Å². The lowest BCUT2D eigenvalue weighted by atomic mass is 10.0. The second-order valence-electron chi connectivity index (χ2n) is 4.02. The van der Waals surface area contributed by atoms with Gasteiger partial charge in [-0.1, -0.05) is 30.7 Å². The Labute approximate surface area is 103 Å². The second-order valence-corrected chi connectivity index (χ2v) is 4.42. The maximum Gasteiger partial charge on any atom is 0.0484 e. The van der Waals surface area contributed by atoms with E-state index >= 15 is 0 Å². The van der Waals surface area contributed by atoms with Crippen molar-refractivity contribution in [3.8, 4) is 0 Å². The first-order valence-electron chi connectivity index (χ1n) is 5.74. The van der Waals surface area contributed by atoms with E-state index in [2.05, 4.69) is 6.92 Å². The molecular formula is C13H20ClNO. The molecule has 3 heteroatoms. The largest absolute Gasteiger partial charge is 0.381 e. The summed E-state index contributed by atoms with van der Waals surface area (Å²) in [4.78, 5) is 0. The molecule has 16 heavy (non-hydrogen) atoms. The molecule has 0 spiro atoms. The predicted molar refractivity (Wildman–Crippen MR) is 68.8 cm³/mol. The van der Waals surface area contributed by atoms with Gasteiger partial charge in [0.15, 0.2) is 0 Å². The van der Waals surface area contributed by atoms with Crippen LogP contribution in [0.4, 0.5) is 0 Å². The number of hydrogen-bond donors (Lipinski definition) is 1. The van der Waals surface area contributed by atoms with Crippen molar-refractivity contribution < 1.29 is 4.74 Å². The highest BCUT2D eigenvalue weighted by Gasteiger charge is 2.07. The Balaban J connectivity index is 2.46. The SMILES string of the molecule is CCCOCCC(N)c1ccc(C)c(Cl)c1. The van der Waals surface area contributed by atoms with Crippen LogP contribution in [0.25, 0.3) is 0 Å². The topological polar surface area (TPSA) is 35.2 Å². The van der Waals surface area contributed by atoms with Crippen LogP contribution in [0.15, 0.2) is 18.2 Å². The Morgan fingerprint density at radius 1 is 1.38 bits per heavy atom. The molecule has 1 rings (SSSR count). The molecular weight excluding hydrogens is 222 g/mol. The molecule has 0 saturated carbocycles. The number of hydrogen-bond acceptors (Lipinski definition) is 2. The number of ether oxygens (including phenoxy) is 1. The molecule has 0 aromatic heterocycles. The standard InChI is InChI=1S/C13H20ClNO/c1-3-7-16-8-6-13(15)11-5-4-10(2)12(14)9-11/h4-5,9,13H,3,6-8,15H2,1-2H3. The smallest absolute Gasteiger partial charge is 0.0484 e. The highest BCUT2D eigenvalue weighted by atomic mass is 35.5. The van der Waals surface area contributed by atoms with Crippen molar-refractivity contribution >= 4 is 11.6 Å². The summed E-state index contributed by atoms with van der Waals surface area (Å²) in [6.45, 7) is 5.60. The van der Waals surface area contributed by atoms with Gasteiger partial charge in [-0.15, -0.1) is 0 Å². The van der Waals surface area contributed by atoms with E-state index in [0.717, 1.165) is 35.6 Å². The third-order valence-corrected chi connectivity index (χ3v) is 2.95. The van der Waals surface area contributed by atoms with Crippen molar-refractivity contribution in [2.45, 2.75) is 32.7 Å². The fourth-order valence-electron chi connectivity index (χ4n) is 1.46. The summed E-state index contributed by atoms with van der Waals surface area (Å²) in [5, 5.41) is 0.780. The fourth-order valence-corrected chi connectivity index (χ4v) is 1.65. The van der Waals surface area contributed by atoms with E-state index in [1.165, 1.54) is 0 Å². The molecule has 1 aromatic carbocycles. The van der Waals surface area contributed by atoms with Crippen LogP contribution in [-0.2, 0) is 4.74 Å². The van der Waals surface area contributed by atoms with E-state index < -0.39 is 0 Å². The molecule has 1 aromatic rings. The van der Waals surface area contributed by atoms with E-state index in [9.17, 15) is 0 Å². The molecule has 0 aliphatic carbocycles. The number of aryl methyl sites for hydroxylation is 1. The summed E-state index contributed by atoms with van der Waals surface area (Å²) < 4.78 is 5.42. The molecule has 90 valence electrons. The fraction of sp³-hybridized carbons (Fsp3) is 0.538. The molecule has 0 bridgehead atoms. The van der Waals surface area contributed by atoms with Crippen molar-refractivity contribution in [3.05, 3.63) is 34.3 Å². The molecule has 0 heterocycles. The van der Waals surface area contributed by atoms with Crippen molar-refractivity contribution in [1.29, 1.82) is 0 Å². The van der Waals surface area contributed by atoms with E-state index in [-0.39, 0.29) is 6.04 Å². The highest BCUT2D eigenvalue weighted by Crippen LogP contribution is 2.21. The zero-order valence-electron chi connectivity index (χ0n) is 10.0. The Morgan fingerprint density at radius 3 is 2.75 bits per heavy atom. The molecule has 1 unspecified atom stereocenters. The predicted octanol–water partition coefficient (Wildman–Crippen LogP) is 3.46. The molecule has 2 nitrogen and oxygen atoms in total. The van der Waals surface area contributed by atoms with Crippen LogP contribution in [0.1, 0.15) is 36.9 Å². The van der Waals surface area contributed by atoms with Crippen molar-refractivity contribution in [2.24, 2.45) is 5.73 Å². The molecule has 0 fully saturated rings. The highest BCUT2D eigenvalue weighted by molar-refractivity contribution is 6.31. The van der Waals surface area contributed by atoms with Gasteiger partial charge in [0.2, 0.25) is 0 Å². The summed E-state index contributed by atoms with van der Waals surface area (Å²) in [5.74, 6) is 0. The Hall–Kier alpha value is -0.570. The minimum Gasteiger partial charge on any atom is -0.381 e. The summed E-state index contributed by atoms with van der Waals surface area (Å²) in [6.07, 6.45) is 1.88. The molecule has 0 saturated heterocycles. The van der Waals surface area contributed by atoms with Crippen LogP contribution < -0.4 is 5.73 Å². The molecule has 0 aliphatic rings. The van der Waals surface area contributed by atoms with Crippen molar-refractivity contribution in [3.63, 3.8) is 0 Å². The lowest BCUT2D eigenvalue weighted by molar-refractivity contribution is 0.128. The minimum absolute atomic E-state index is 0.00922. The third-order valence-electron chi connectivity index (χ3n) is 2.55. The van der Waals surface area contributed by atoms with Gasteiger partial charge in [0.1, 0.15) is 0 Å². The zero-order valence-corrected chi connectivity index (χ0v) is 10.8. The van der Waals surface area contributed by atoms with Crippen LogP contribution in [0.3, 0.4) is 0 Å². The monoisotopic (exact) mass is 241 g/mol. The van der Waals surface area contributed by atoms with Crippen LogP contribution >= 0.6 is 11.6 Å². The number of halogens is 1. The first-order valence-corrected chi connectivity index (χ1v) is 6.12. The quantitative estimate of drug-likeness (QED) is 0.775. The van der Waals surface area contributed by atoms with Gasteiger partial charge in [-0.2, -0.15) is 0 Å². The van der Waals surface area contributed by atoms with Gasteiger partial charge in [-0.3, -0.25) is 0 Å². The van der Waals surface area contributed by atoms with E-state index in [1.54, 1.807) is 0 Å². The summed E-state index contributed by atoms with van der Waals surface area (Å²) in [6, 6.07) is 5.99. The van der Waals surface area contributed by atoms with Gasteiger partial charge in [0.25, 0.3) is 0 Å². The number of benzene rings is 1. The van der Waals surface area contributed by atoms with Gasteiger partial charge >= 0.3 is 0 Å². The lowest BCUT2D eigenvalue weighted by Gasteiger charge is -2.13. The molecule has 0 amide bonds. The molecule has 1 atom stereocenters. The maximum absolute atomic E-state index is 6.06. The number of nitrogens with two attached hydrogens (primary N) is 1. The van der Waals surface area contributed by atoms with E-state index in [1.807, 2.05) is 25.1 Å². The first-order chi connectivity index (χ1) is 7.65. The van der Waals surface area contributed by atoms with Crippen molar-refractivity contribution in [1.82, 2.24) is 0 Å². The van der Waals surface area contributed by atoms with Crippen LogP contribution in [0.5, 0.6) is 0 Å². The molecule has 0 aliphatic heterocycles. The Kier molecular flexibility index (Phi) is 5.81. The maximum atomic E-state index is 6.06. The Bertz CT molecular complexity index is 328. The normalized spacial score (nSPS) is 12.8. The Morgan fingerprint density at radius 2 is 2.12 bits per heavy atom. The van der Waals surface area contributed by atoms with Gasteiger partial charge in [0, 0.05) is 24.3 Å². The second kappa shape index (κ2) is 6.89. The van der Waals surface area contributed by atoms with Crippen LogP contribution in [-0.4, -0.2) is 13.2 Å². The van der Waals surface area contributed by atoms with E-state index in [0.29, 0.717) is 6.61 Å². The third kappa shape index (κ3) is 4.12. The summed E-state index contributed by atoms with van der Waals surface area (Å²) in [7, 11) is 0. The molecule has 0 radical (unpaired) electrons. The molecule has 2 N–H and O–H groups in total. The lowest BCUT2D eigenvalue weighted by Crippen LogP contribution is -2.13. The number of rotatable bonds is 6. The average Bonchev–Trinajstić information content (AvgIpc) is 2.28. The zero-order chi connectivity index (χ0) is 12.0. The van der Waals surface area contributed by atoms with Gasteiger partial charge < -0.3 is 10.5 Å². The van der Waals surface area contributed by atoms with Gasteiger partial charge in [0.05, 0.1) is 0 Å².